The zero-order valence-corrected chi connectivity index (χ0v) is 13.1. The van der Waals surface area contributed by atoms with E-state index in [9.17, 15) is 8.42 Å². The van der Waals surface area contributed by atoms with Crippen molar-refractivity contribution in [3.63, 3.8) is 0 Å². The van der Waals surface area contributed by atoms with E-state index in [1.165, 1.54) is 6.26 Å². The van der Waals surface area contributed by atoms with E-state index in [1.807, 2.05) is 25.1 Å². The number of hydrogen-bond donors (Lipinski definition) is 1. The zero-order chi connectivity index (χ0) is 15.2. The maximum atomic E-state index is 11.6. The second-order valence-corrected chi connectivity index (χ2v) is 7.49. The molecule has 0 unspecified atom stereocenters. The highest BCUT2D eigenvalue weighted by molar-refractivity contribution is 7.90. The van der Waals surface area contributed by atoms with Crippen molar-refractivity contribution in [2.24, 2.45) is 0 Å². The van der Waals surface area contributed by atoms with Crippen molar-refractivity contribution in [2.45, 2.75) is 11.8 Å². The molecule has 21 heavy (non-hydrogen) atoms. The maximum Gasteiger partial charge on any atom is 0.175 e. The van der Waals surface area contributed by atoms with Crippen LogP contribution in [0, 0.1) is 6.92 Å². The first-order valence-electron chi connectivity index (χ1n) is 6.30. The second kappa shape index (κ2) is 4.86. The molecule has 0 amide bonds. The van der Waals surface area contributed by atoms with Crippen LogP contribution in [0.3, 0.4) is 0 Å². The number of aromatic nitrogens is 2. The van der Waals surface area contributed by atoms with Gasteiger partial charge in [0.05, 0.1) is 16.6 Å². The Morgan fingerprint density at radius 2 is 1.90 bits per heavy atom. The lowest BCUT2D eigenvalue weighted by Crippen LogP contribution is -1.98. The van der Waals surface area contributed by atoms with Crippen molar-refractivity contribution in [3.8, 4) is 11.1 Å². The lowest BCUT2D eigenvalue weighted by atomic mass is 9.98. The first kappa shape index (κ1) is 14.1. The van der Waals surface area contributed by atoms with E-state index >= 15 is 0 Å². The predicted octanol–water partition coefficient (Wildman–Crippen LogP) is 3.60. The molecule has 2 aromatic carbocycles. The Morgan fingerprint density at radius 1 is 1.14 bits per heavy atom. The molecule has 0 saturated carbocycles. The van der Waals surface area contributed by atoms with Gasteiger partial charge in [-0.25, -0.2) is 8.42 Å². The molecule has 3 rings (SSSR count). The van der Waals surface area contributed by atoms with E-state index in [0.29, 0.717) is 9.92 Å². The topological polar surface area (TPSA) is 62.8 Å². The fourth-order valence-electron chi connectivity index (χ4n) is 2.41. The predicted molar refractivity (Wildman–Crippen MR) is 84.4 cm³/mol. The van der Waals surface area contributed by atoms with Crippen LogP contribution in [0.1, 0.15) is 5.56 Å². The molecule has 3 aromatic rings. The first-order chi connectivity index (χ1) is 9.86. The zero-order valence-electron chi connectivity index (χ0n) is 11.5. The molecular weight excluding hydrogens is 308 g/mol. The summed E-state index contributed by atoms with van der Waals surface area (Å²) in [7, 11) is -3.21. The van der Waals surface area contributed by atoms with Gasteiger partial charge in [0.1, 0.15) is 0 Å². The minimum Gasteiger partial charge on any atom is -0.278 e. The van der Waals surface area contributed by atoms with E-state index in [1.54, 1.807) is 18.3 Å². The van der Waals surface area contributed by atoms with E-state index < -0.39 is 9.84 Å². The highest BCUT2D eigenvalue weighted by Gasteiger charge is 2.13. The molecule has 0 saturated heterocycles. The summed E-state index contributed by atoms with van der Waals surface area (Å²) in [6.07, 6.45) is 2.94. The van der Waals surface area contributed by atoms with Crippen LogP contribution < -0.4 is 0 Å². The fourth-order valence-corrected chi connectivity index (χ4v) is 3.33. The summed E-state index contributed by atoms with van der Waals surface area (Å²) in [5.74, 6) is 0. The van der Waals surface area contributed by atoms with Crippen molar-refractivity contribution in [3.05, 3.63) is 47.1 Å². The van der Waals surface area contributed by atoms with Crippen molar-refractivity contribution < 1.29 is 8.42 Å². The number of aryl methyl sites for hydroxylation is 1. The fraction of sp³-hybridized carbons (Fsp3) is 0.133. The molecule has 108 valence electrons. The van der Waals surface area contributed by atoms with Gasteiger partial charge in [0.15, 0.2) is 9.84 Å². The number of H-pyrrole nitrogens is 1. The van der Waals surface area contributed by atoms with E-state index in [4.69, 9.17) is 11.6 Å². The summed E-state index contributed by atoms with van der Waals surface area (Å²) in [4.78, 5) is 0.314. The third-order valence-corrected chi connectivity index (χ3v) is 4.77. The number of aromatic amines is 1. The largest absolute Gasteiger partial charge is 0.278 e. The van der Waals surface area contributed by atoms with Gasteiger partial charge in [-0.05, 0) is 47.9 Å². The maximum absolute atomic E-state index is 11.6. The van der Waals surface area contributed by atoms with Crippen molar-refractivity contribution in [1.82, 2.24) is 10.2 Å². The Morgan fingerprint density at radius 3 is 2.57 bits per heavy atom. The Hall–Kier alpha value is -1.85. The highest BCUT2D eigenvalue weighted by atomic mass is 35.5. The normalized spacial score (nSPS) is 12.0. The molecule has 0 atom stereocenters. The first-order valence-corrected chi connectivity index (χ1v) is 8.57. The molecule has 1 aromatic heterocycles. The number of sulfone groups is 1. The Bertz CT molecular complexity index is 945. The molecule has 0 aliphatic heterocycles. The summed E-state index contributed by atoms with van der Waals surface area (Å²) in [6, 6.07) is 8.78. The third-order valence-electron chi connectivity index (χ3n) is 3.44. The number of nitrogens with zero attached hydrogens (tertiary/aromatic N) is 1. The second-order valence-electron chi connectivity index (χ2n) is 5.03. The van der Waals surface area contributed by atoms with Gasteiger partial charge in [-0.15, -0.1) is 0 Å². The number of rotatable bonds is 2. The van der Waals surface area contributed by atoms with Crippen LogP contribution in [-0.4, -0.2) is 24.9 Å². The smallest absolute Gasteiger partial charge is 0.175 e. The third kappa shape index (κ3) is 2.54. The quantitative estimate of drug-likeness (QED) is 0.784. The minimum absolute atomic E-state index is 0.314. The monoisotopic (exact) mass is 320 g/mol. The summed E-state index contributed by atoms with van der Waals surface area (Å²) in [5, 5.41) is 8.49. The van der Waals surface area contributed by atoms with E-state index in [0.717, 1.165) is 27.6 Å². The molecule has 4 nitrogen and oxygen atoms in total. The Kier molecular flexibility index (Phi) is 3.26. The average molecular weight is 321 g/mol. The van der Waals surface area contributed by atoms with Gasteiger partial charge >= 0.3 is 0 Å². The minimum atomic E-state index is -3.21. The Labute approximate surface area is 127 Å². The SMILES string of the molecule is Cc1cc(S(C)(=O)=O)ccc1-c1cc(Cl)cc2[nH]ncc12. The summed E-state index contributed by atoms with van der Waals surface area (Å²) in [6.45, 7) is 1.89. The van der Waals surface area contributed by atoms with E-state index in [-0.39, 0.29) is 0 Å². The van der Waals surface area contributed by atoms with E-state index in [2.05, 4.69) is 10.2 Å². The van der Waals surface area contributed by atoms with Crippen LogP contribution in [0.4, 0.5) is 0 Å². The Balaban J connectivity index is 2.26. The van der Waals surface area contributed by atoms with Crippen LogP contribution in [-0.2, 0) is 9.84 Å². The molecular formula is C15H13ClN2O2S. The summed E-state index contributed by atoms with van der Waals surface area (Å²) >= 11 is 6.14. The van der Waals surface area contributed by atoms with Gasteiger partial charge in [-0.2, -0.15) is 5.10 Å². The standard InChI is InChI=1S/C15H13ClN2O2S/c1-9-5-11(21(2,19)20)3-4-12(9)13-6-10(16)7-15-14(13)8-17-18-15/h3-8H,1-2H3,(H,17,18). The number of fused-ring (bicyclic) bond motifs is 1. The molecule has 1 heterocycles. The summed E-state index contributed by atoms with van der Waals surface area (Å²) in [5.41, 5.74) is 3.60. The van der Waals surface area contributed by atoms with Crippen molar-refractivity contribution in [2.75, 3.05) is 6.26 Å². The average Bonchev–Trinajstić information content (AvgIpc) is 2.84. The molecule has 0 radical (unpaired) electrons. The molecule has 6 heteroatoms. The number of halogens is 1. The van der Waals surface area contributed by atoms with Crippen LogP contribution >= 0.6 is 11.6 Å². The van der Waals surface area contributed by atoms with Crippen LogP contribution in [0.2, 0.25) is 5.02 Å². The lowest BCUT2D eigenvalue weighted by Gasteiger charge is -2.10. The number of nitrogens with one attached hydrogen (secondary N) is 1. The van der Waals surface area contributed by atoms with Crippen LogP contribution in [0.5, 0.6) is 0 Å². The molecule has 0 spiro atoms. The molecule has 0 bridgehead atoms. The molecule has 0 aliphatic rings. The molecule has 0 aliphatic carbocycles. The number of hydrogen-bond acceptors (Lipinski definition) is 3. The van der Waals surface area contributed by atoms with Gasteiger partial charge in [0, 0.05) is 16.7 Å². The summed E-state index contributed by atoms with van der Waals surface area (Å²) < 4.78 is 23.2. The van der Waals surface area contributed by atoms with Crippen LogP contribution in [0.15, 0.2) is 41.4 Å². The highest BCUT2D eigenvalue weighted by Crippen LogP contribution is 2.33. The number of benzene rings is 2. The molecule has 0 fully saturated rings. The van der Waals surface area contributed by atoms with Gasteiger partial charge in [0.25, 0.3) is 0 Å². The van der Waals surface area contributed by atoms with Crippen molar-refractivity contribution >= 4 is 32.3 Å². The lowest BCUT2D eigenvalue weighted by molar-refractivity contribution is 0.602. The van der Waals surface area contributed by atoms with Crippen LogP contribution in [0.25, 0.3) is 22.0 Å². The van der Waals surface area contributed by atoms with Crippen molar-refractivity contribution in [1.29, 1.82) is 0 Å². The van der Waals surface area contributed by atoms with Gasteiger partial charge < -0.3 is 0 Å². The van der Waals surface area contributed by atoms with Gasteiger partial charge in [-0.3, -0.25) is 5.10 Å². The van der Waals surface area contributed by atoms with Gasteiger partial charge in [0.2, 0.25) is 0 Å². The van der Waals surface area contributed by atoms with Gasteiger partial charge in [-0.1, -0.05) is 17.7 Å². The molecule has 1 N–H and O–H groups in total.